The van der Waals surface area contributed by atoms with E-state index in [1.165, 1.54) is 0 Å². The zero-order valence-corrected chi connectivity index (χ0v) is 12.2. The number of carbonyl (C=O) groups excluding carboxylic acids is 1. The summed E-state index contributed by atoms with van der Waals surface area (Å²) in [5.74, 6) is -0.0395. The standard InChI is InChI=1S/C12H16BrClN2O/c1-8(2)15-6-5-12(17)16-11-4-3-9(13)7-10(11)14/h3-4,7-8,15H,5-6H2,1-2H3,(H,16,17). The predicted molar refractivity (Wildman–Crippen MR) is 75.5 cm³/mol. The summed E-state index contributed by atoms with van der Waals surface area (Å²) < 4.78 is 0.891. The van der Waals surface area contributed by atoms with Crippen LogP contribution in [0.4, 0.5) is 5.69 Å². The molecule has 0 aliphatic heterocycles. The third kappa shape index (κ3) is 5.52. The fourth-order valence-corrected chi connectivity index (χ4v) is 2.00. The van der Waals surface area contributed by atoms with E-state index in [-0.39, 0.29) is 5.91 Å². The first-order valence-corrected chi connectivity index (χ1v) is 6.64. The molecule has 0 spiro atoms. The van der Waals surface area contributed by atoms with Crippen molar-refractivity contribution in [3.63, 3.8) is 0 Å². The molecule has 1 rings (SSSR count). The molecule has 0 fully saturated rings. The lowest BCUT2D eigenvalue weighted by Gasteiger charge is -2.09. The van der Waals surface area contributed by atoms with Crippen LogP contribution in [0, 0.1) is 0 Å². The molecule has 1 aromatic rings. The normalized spacial score (nSPS) is 10.6. The zero-order valence-electron chi connectivity index (χ0n) is 9.89. The molecule has 5 heteroatoms. The Balaban J connectivity index is 2.45. The van der Waals surface area contributed by atoms with Gasteiger partial charge in [0.2, 0.25) is 5.91 Å². The first-order valence-electron chi connectivity index (χ1n) is 5.47. The Bertz CT molecular complexity index is 396. The second kappa shape index (κ2) is 6.99. The van der Waals surface area contributed by atoms with E-state index in [2.05, 4.69) is 26.6 Å². The minimum absolute atomic E-state index is 0.0395. The van der Waals surface area contributed by atoms with Crippen molar-refractivity contribution in [2.45, 2.75) is 26.3 Å². The van der Waals surface area contributed by atoms with E-state index in [1.807, 2.05) is 19.9 Å². The van der Waals surface area contributed by atoms with Crippen molar-refractivity contribution in [1.82, 2.24) is 5.32 Å². The smallest absolute Gasteiger partial charge is 0.225 e. The molecule has 0 bridgehead atoms. The first kappa shape index (κ1) is 14.5. The Morgan fingerprint density at radius 3 is 2.76 bits per heavy atom. The maximum atomic E-state index is 11.6. The van der Waals surface area contributed by atoms with Crippen molar-refractivity contribution in [3.05, 3.63) is 27.7 Å². The quantitative estimate of drug-likeness (QED) is 0.873. The molecule has 17 heavy (non-hydrogen) atoms. The molecule has 94 valence electrons. The van der Waals surface area contributed by atoms with Gasteiger partial charge in [0.15, 0.2) is 0 Å². The number of amides is 1. The highest BCUT2D eigenvalue weighted by Crippen LogP contribution is 2.25. The third-order valence-corrected chi connectivity index (χ3v) is 2.92. The molecule has 0 atom stereocenters. The van der Waals surface area contributed by atoms with Crippen LogP contribution in [0.3, 0.4) is 0 Å². The number of benzene rings is 1. The van der Waals surface area contributed by atoms with Gasteiger partial charge in [-0.05, 0) is 18.2 Å². The van der Waals surface area contributed by atoms with Crippen LogP contribution >= 0.6 is 27.5 Å². The maximum absolute atomic E-state index is 11.6. The van der Waals surface area contributed by atoms with Crippen LogP contribution in [0.2, 0.25) is 5.02 Å². The van der Waals surface area contributed by atoms with E-state index < -0.39 is 0 Å². The minimum Gasteiger partial charge on any atom is -0.325 e. The topological polar surface area (TPSA) is 41.1 Å². The largest absolute Gasteiger partial charge is 0.325 e. The SMILES string of the molecule is CC(C)NCCC(=O)Nc1ccc(Br)cc1Cl. The lowest BCUT2D eigenvalue weighted by Crippen LogP contribution is -2.27. The first-order chi connectivity index (χ1) is 7.99. The van der Waals surface area contributed by atoms with Crippen molar-refractivity contribution >= 4 is 39.1 Å². The zero-order chi connectivity index (χ0) is 12.8. The number of hydrogen-bond acceptors (Lipinski definition) is 2. The van der Waals surface area contributed by atoms with Crippen molar-refractivity contribution in [3.8, 4) is 0 Å². The number of nitrogens with one attached hydrogen (secondary N) is 2. The second-order valence-electron chi connectivity index (χ2n) is 4.03. The Hall–Kier alpha value is -0.580. The van der Waals surface area contributed by atoms with E-state index in [0.717, 1.165) is 4.47 Å². The average molecular weight is 320 g/mol. The van der Waals surface area contributed by atoms with Crippen LogP contribution in [-0.4, -0.2) is 18.5 Å². The summed E-state index contributed by atoms with van der Waals surface area (Å²) in [7, 11) is 0. The summed E-state index contributed by atoms with van der Waals surface area (Å²) in [6, 6.07) is 5.76. The molecule has 0 radical (unpaired) electrons. The molecule has 2 N–H and O–H groups in total. The van der Waals surface area contributed by atoms with Gasteiger partial charge in [-0.3, -0.25) is 4.79 Å². The van der Waals surface area contributed by atoms with Gasteiger partial charge < -0.3 is 10.6 Å². The molecule has 3 nitrogen and oxygen atoms in total. The predicted octanol–water partition coefficient (Wildman–Crippen LogP) is 3.43. The molecule has 0 unspecified atom stereocenters. The van der Waals surface area contributed by atoms with Crippen LogP contribution in [0.25, 0.3) is 0 Å². The molecule has 0 saturated heterocycles. The van der Waals surface area contributed by atoms with Gasteiger partial charge in [-0.1, -0.05) is 41.4 Å². The van der Waals surface area contributed by atoms with Gasteiger partial charge in [-0.25, -0.2) is 0 Å². The van der Waals surface area contributed by atoms with Crippen molar-refractivity contribution in [2.24, 2.45) is 0 Å². The van der Waals surface area contributed by atoms with E-state index >= 15 is 0 Å². The Labute approximate surface area is 115 Å². The van der Waals surface area contributed by atoms with Gasteiger partial charge in [0.05, 0.1) is 10.7 Å². The van der Waals surface area contributed by atoms with Gasteiger partial charge in [-0.2, -0.15) is 0 Å². The van der Waals surface area contributed by atoms with Crippen LogP contribution in [-0.2, 0) is 4.79 Å². The number of halogens is 2. The van der Waals surface area contributed by atoms with E-state index in [9.17, 15) is 4.79 Å². The average Bonchev–Trinajstić information content (AvgIpc) is 2.21. The van der Waals surface area contributed by atoms with Crippen molar-refractivity contribution in [1.29, 1.82) is 0 Å². The number of rotatable bonds is 5. The summed E-state index contributed by atoms with van der Waals surface area (Å²) in [6.07, 6.45) is 0.435. The Kier molecular flexibility index (Phi) is 5.95. The fraction of sp³-hybridized carbons (Fsp3) is 0.417. The summed E-state index contributed by atoms with van der Waals surface area (Å²) in [5.41, 5.74) is 0.643. The maximum Gasteiger partial charge on any atom is 0.225 e. The van der Waals surface area contributed by atoms with E-state index in [4.69, 9.17) is 11.6 Å². The number of carbonyl (C=O) groups is 1. The van der Waals surface area contributed by atoms with Crippen molar-refractivity contribution in [2.75, 3.05) is 11.9 Å². The van der Waals surface area contributed by atoms with Gasteiger partial charge in [0, 0.05) is 23.5 Å². The number of hydrogen-bond donors (Lipinski definition) is 2. The van der Waals surface area contributed by atoms with Crippen LogP contribution < -0.4 is 10.6 Å². The molecule has 0 aromatic heterocycles. The van der Waals surface area contributed by atoms with Gasteiger partial charge in [-0.15, -0.1) is 0 Å². The molecule has 0 saturated carbocycles. The Morgan fingerprint density at radius 1 is 1.47 bits per heavy atom. The third-order valence-electron chi connectivity index (χ3n) is 2.11. The fourth-order valence-electron chi connectivity index (χ4n) is 1.28. The van der Waals surface area contributed by atoms with E-state index in [1.54, 1.807) is 12.1 Å². The van der Waals surface area contributed by atoms with Crippen LogP contribution in [0.15, 0.2) is 22.7 Å². The lowest BCUT2D eigenvalue weighted by atomic mass is 10.3. The summed E-state index contributed by atoms with van der Waals surface area (Å²) in [6.45, 7) is 4.75. The molecular weight excluding hydrogens is 304 g/mol. The van der Waals surface area contributed by atoms with E-state index in [0.29, 0.717) is 29.7 Å². The highest BCUT2D eigenvalue weighted by atomic mass is 79.9. The molecule has 1 aromatic carbocycles. The number of anilines is 1. The molecular formula is C12H16BrClN2O. The summed E-state index contributed by atoms with van der Waals surface area (Å²) in [5, 5.41) is 6.50. The highest BCUT2D eigenvalue weighted by molar-refractivity contribution is 9.10. The van der Waals surface area contributed by atoms with Gasteiger partial charge in [0.1, 0.15) is 0 Å². The van der Waals surface area contributed by atoms with Crippen LogP contribution in [0.5, 0.6) is 0 Å². The monoisotopic (exact) mass is 318 g/mol. The molecule has 0 aliphatic carbocycles. The lowest BCUT2D eigenvalue weighted by molar-refractivity contribution is -0.116. The summed E-state index contributed by atoms with van der Waals surface area (Å²) in [4.78, 5) is 11.6. The minimum atomic E-state index is -0.0395. The molecule has 0 aliphatic rings. The second-order valence-corrected chi connectivity index (χ2v) is 5.35. The highest BCUT2D eigenvalue weighted by Gasteiger charge is 2.06. The van der Waals surface area contributed by atoms with Gasteiger partial charge in [0.25, 0.3) is 0 Å². The molecule has 0 heterocycles. The molecule has 1 amide bonds. The van der Waals surface area contributed by atoms with Gasteiger partial charge >= 0.3 is 0 Å². The van der Waals surface area contributed by atoms with Crippen LogP contribution in [0.1, 0.15) is 20.3 Å². The summed E-state index contributed by atoms with van der Waals surface area (Å²) >= 11 is 9.31. The Morgan fingerprint density at radius 2 is 2.18 bits per heavy atom. The van der Waals surface area contributed by atoms with Crippen molar-refractivity contribution < 1.29 is 4.79 Å².